The van der Waals surface area contributed by atoms with Crippen LogP contribution in [0.4, 0.5) is 0 Å². The Bertz CT molecular complexity index is 752. The zero-order valence-electron chi connectivity index (χ0n) is 13.5. The summed E-state index contributed by atoms with van der Waals surface area (Å²) >= 11 is 0. The molecule has 0 bridgehead atoms. The molecule has 0 amide bonds. The lowest BCUT2D eigenvalue weighted by molar-refractivity contribution is 0.0467. The van der Waals surface area contributed by atoms with Crippen LogP contribution in [0.3, 0.4) is 0 Å². The highest BCUT2D eigenvalue weighted by Gasteiger charge is 2.16. The number of carbonyl (C=O) groups is 2. The molecule has 0 aromatic heterocycles. The number of rotatable bonds is 6. The Morgan fingerprint density at radius 1 is 1.00 bits per heavy atom. The molecule has 2 rings (SSSR count). The van der Waals surface area contributed by atoms with Crippen molar-refractivity contribution < 1.29 is 23.3 Å². The highest BCUT2D eigenvalue weighted by molar-refractivity contribution is 7.85. The van der Waals surface area contributed by atoms with Crippen molar-refractivity contribution in [1.82, 2.24) is 0 Å². The number of benzene rings is 2. The Labute approximate surface area is 143 Å². The van der Waals surface area contributed by atoms with E-state index >= 15 is 0 Å². The van der Waals surface area contributed by atoms with E-state index in [1.807, 2.05) is 0 Å². The zero-order valence-corrected chi connectivity index (χ0v) is 14.3. The summed E-state index contributed by atoms with van der Waals surface area (Å²) in [6, 6.07) is 13.3. The summed E-state index contributed by atoms with van der Waals surface area (Å²) < 4.78 is 21.9. The highest BCUT2D eigenvalue weighted by Crippen LogP contribution is 2.16. The van der Waals surface area contributed by atoms with E-state index in [2.05, 4.69) is 4.74 Å². The molecule has 2 aromatic rings. The van der Waals surface area contributed by atoms with Gasteiger partial charge in [0.2, 0.25) is 0 Å². The fourth-order valence-corrected chi connectivity index (χ4v) is 3.01. The van der Waals surface area contributed by atoms with Crippen molar-refractivity contribution in [2.75, 3.05) is 12.9 Å². The molecule has 0 aliphatic rings. The molecule has 0 radical (unpaired) electrons. The molecule has 126 valence electrons. The monoisotopic (exact) mass is 346 g/mol. The number of esters is 2. The largest absolute Gasteiger partial charge is 0.465 e. The molecule has 1 atom stereocenters. The van der Waals surface area contributed by atoms with Crippen LogP contribution in [-0.2, 0) is 26.9 Å². The van der Waals surface area contributed by atoms with Gasteiger partial charge in [-0.3, -0.25) is 4.21 Å². The standard InChI is InChI=1S/C18H18O5S/c1-3-24(21)16-7-5-4-6-15(16)18(20)23-12-13-8-10-14(11-9-13)17(19)22-2/h4-11H,3,12H2,1-2H3. The maximum absolute atomic E-state index is 12.2. The highest BCUT2D eigenvalue weighted by atomic mass is 32.2. The van der Waals surface area contributed by atoms with Gasteiger partial charge in [-0.25, -0.2) is 9.59 Å². The van der Waals surface area contributed by atoms with E-state index in [4.69, 9.17) is 4.74 Å². The summed E-state index contributed by atoms with van der Waals surface area (Å²) in [5, 5.41) is 0. The molecule has 0 saturated heterocycles. The summed E-state index contributed by atoms with van der Waals surface area (Å²) in [5.74, 6) is -0.516. The summed E-state index contributed by atoms with van der Waals surface area (Å²) in [6.07, 6.45) is 0. The van der Waals surface area contributed by atoms with Crippen molar-refractivity contribution >= 4 is 22.7 Å². The summed E-state index contributed by atoms with van der Waals surface area (Å²) in [7, 11) is 0.0829. The molecule has 0 aliphatic carbocycles. The fourth-order valence-electron chi connectivity index (χ4n) is 2.07. The number of ether oxygens (including phenoxy) is 2. The summed E-state index contributed by atoms with van der Waals surface area (Å²) in [6.45, 7) is 1.86. The smallest absolute Gasteiger partial charge is 0.339 e. The molecule has 5 nitrogen and oxygen atoms in total. The van der Waals surface area contributed by atoms with E-state index in [1.165, 1.54) is 7.11 Å². The van der Waals surface area contributed by atoms with Gasteiger partial charge >= 0.3 is 11.9 Å². The lowest BCUT2D eigenvalue weighted by Crippen LogP contribution is -2.10. The van der Waals surface area contributed by atoms with Crippen LogP contribution >= 0.6 is 0 Å². The van der Waals surface area contributed by atoms with Gasteiger partial charge in [0.25, 0.3) is 0 Å². The van der Waals surface area contributed by atoms with Gasteiger partial charge < -0.3 is 9.47 Å². The van der Waals surface area contributed by atoms with Crippen molar-refractivity contribution in [3.8, 4) is 0 Å². The van der Waals surface area contributed by atoms with Crippen LogP contribution in [-0.4, -0.2) is 29.0 Å². The number of hydrogen-bond donors (Lipinski definition) is 0. The van der Waals surface area contributed by atoms with E-state index in [0.717, 1.165) is 5.56 Å². The van der Waals surface area contributed by atoms with E-state index in [-0.39, 0.29) is 6.61 Å². The van der Waals surface area contributed by atoms with E-state index in [0.29, 0.717) is 21.8 Å². The molecule has 2 aromatic carbocycles. The van der Waals surface area contributed by atoms with Crippen LogP contribution in [0.5, 0.6) is 0 Å². The SMILES string of the molecule is CCS(=O)c1ccccc1C(=O)OCc1ccc(C(=O)OC)cc1. The minimum absolute atomic E-state index is 0.0629. The predicted octanol–water partition coefficient (Wildman–Crippen LogP) is 2.96. The lowest BCUT2D eigenvalue weighted by Gasteiger charge is -2.09. The summed E-state index contributed by atoms with van der Waals surface area (Å²) in [5.41, 5.74) is 1.48. The van der Waals surface area contributed by atoms with Crippen LogP contribution in [0.25, 0.3) is 0 Å². The first-order valence-corrected chi connectivity index (χ1v) is 8.70. The average molecular weight is 346 g/mol. The third-order valence-corrected chi connectivity index (χ3v) is 4.73. The van der Waals surface area contributed by atoms with E-state index in [9.17, 15) is 13.8 Å². The molecule has 24 heavy (non-hydrogen) atoms. The van der Waals surface area contributed by atoms with Crippen molar-refractivity contribution in [2.24, 2.45) is 0 Å². The Balaban J connectivity index is 2.06. The van der Waals surface area contributed by atoms with Crippen LogP contribution in [0, 0.1) is 0 Å². The maximum atomic E-state index is 12.2. The molecule has 0 fully saturated rings. The Hall–Kier alpha value is -2.47. The van der Waals surface area contributed by atoms with Crippen molar-refractivity contribution in [3.63, 3.8) is 0 Å². The fraction of sp³-hybridized carbons (Fsp3) is 0.222. The molecular weight excluding hydrogens is 328 g/mol. The molecule has 0 N–H and O–H groups in total. The maximum Gasteiger partial charge on any atom is 0.339 e. The molecule has 0 spiro atoms. The van der Waals surface area contributed by atoms with Crippen molar-refractivity contribution in [2.45, 2.75) is 18.4 Å². The zero-order chi connectivity index (χ0) is 17.5. The number of methoxy groups -OCH3 is 1. The van der Waals surface area contributed by atoms with Crippen molar-refractivity contribution in [1.29, 1.82) is 0 Å². The van der Waals surface area contributed by atoms with E-state index in [1.54, 1.807) is 55.5 Å². The first-order chi connectivity index (χ1) is 11.6. The molecule has 6 heteroatoms. The van der Waals surface area contributed by atoms with Gasteiger partial charge in [0.1, 0.15) is 6.61 Å². The Morgan fingerprint density at radius 2 is 1.67 bits per heavy atom. The van der Waals surface area contributed by atoms with Gasteiger partial charge in [-0.15, -0.1) is 0 Å². The second kappa shape index (κ2) is 8.40. The van der Waals surface area contributed by atoms with Crippen LogP contribution in [0.2, 0.25) is 0 Å². The number of hydrogen-bond acceptors (Lipinski definition) is 5. The molecule has 0 saturated carbocycles. The minimum atomic E-state index is -1.23. The minimum Gasteiger partial charge on any atom is -0.465 e. The third-order valence-electron chi connectivity index (χ3n) is 3.36. The van der Waals surface area contributed by atoms with Gasteiger partial charge in [-0.1, -0.05) is 31.2 Å². The normalized spacial score (nSPS) is 11.6. The second-order valence-corrected chi connectivity index (χ2v) is 6.60. The summed E-state index contributed by atoms with van der Waals surface area (Å²) in [4.78, 5) is 24.1. The topological polar surface area (TPSA) is 69.7 Å². The third kappa shape index (κ3) is 4.29. The van der Waals surface area contributed by atoms with Gasteiger partial charge in [-0.05, 0) is 29.8 Å². The quantitative estimate of drug-likeness (QED) is 0.752. The van der Waals surface area contributed by atoms with Gasteiger partial charge in [0.15, 0.2) is 0 Å². The first kappa shape index (κ1) is 17.9. The van der Waals surface area contributed by atoms with Gasteiger partial charge in [-0.2, -0.15) is 0 Å². The van der Waals surface area contributed by atoms with Gasteiger partial charge in [0, 0.05) is 5.75 Å². The Kier molecular flexibility index (Phi) is 6.26. The lowest BCUT2D eigenvalue weighted by atomic mass is 10.1. The molecular formula is C18H18O5S. The first-order valence-electron chi connectivity index (χ1n) is 7.38. The van der Waals surface area contributed by atoms with Crippen LogP contribution in [0.1, 0.15) is 33.2 Å². The van der Waals surface area contributed by atoms with Crippen molar-refractivity contribution in [3.05, 3.63) is 65.2 Å². The second-order valence-electron chi connectivity index (χ2n) is 4.89. The van der Waals surface area contributed by atoms with Crippen LogP contribution < -0.4 is 0 Å². The average Bonchev–Trinajstić information content (AvgIpc) is 2.65. The number of carbonyl (C=O) groups excluding carboxylic acids is 2. The van der Waals surface area contributed by atoms with Gasteiger partial charge in [0.05, 0.1) is 33.9 Å². The predicted molar refractivity (Wildman–Crippen MR) is 90.3 cm³/mol. The molecule has 0 heterocycles. The molecule has 1 unspecified atom stereocenters. The van der Waals surface area contributed by atoms with Crippen LogP contribution in [0.15, 0.2) is 53.4 Å². The Morgan fingerprint density at radius 3 is 2.29 bits per heavy atom. The molecule has 0 aliphatic heterocycles. The van der Waals surface area contributed by atoms with E-state index < -0.39 is 22.7 Å².